The maximum Gasteiger partial charge on any atom is 0.308 e. The summed E-state index contributed by atoms with van der Waals surface area (Å²) < 4.78 is 5.00. The van der Waals surface area contributed by atoms with E-state index in [1.165, 1.54) is 0 Å². The van der Waals surface area contributed by atoms with Gasteiger partial charge in [-0.2, -0.15) is 0 Å². The smallest absolute Gasteiger partial charge is 0.308 e. The number of benzene rings is 1. The molecular formula is C25H34N4O4. The lowest BCUT2D eigenvalue weighted by molar-refractivity contribution is -0.143. The second kappa shape index (κ2) is 11.5. The zero-order chi connectivity index (χ0) is 24.6. The molecule has 4 N–H and O–H groups in total. The van der Waals surface area contributed by atoms with Gasteiger partial charge in [-0.25, -0.2) is 0 Å². The highest BCUT2D eigenvalue weighted by Gasteiger charge is 2.31. The van der Waals surface area contributed by atoms with Gasteiger partial charge in [-0.15, -0.1) is 0 Å². The molecule has 1 fully saturated rings. The van der Waals surface area contributed by atoms with E-state index in [-0.39, 0.29) is 42.5 Å². The van der Waals surface area contributed by atoms with Crippen molar-refractivity contribution in [1.29, 1.82) is 5.41 Å². The number of rotatable bonds is 8. The standard InChI is InChI=1S/C25H34N4O4/c1-5-33-22(31)16-19(12-13-25(2,3)4)28-21(30)15-18-7-6-14-29(24(18)32)20-10-8-17(9-11-20)23(26)27/h8-11,18-19H,5-7,14-16H2,1-4H3,(H3,26,27)(H,28,30). The fourth-order valence-electron chi connectivity index (χ4n) is 3.52. The molecule has 2 atom stereocenters. The fourth-order valence-corrected chi connectivity index (χ4v) is 3.52. The van der Waals surface area contributed by atoms with Crippen LogP contribution in [0.2, 0.25) is 0 Å². The molecule has 2 rings (SSSR count). The minimum Gasteiger partial charge on any atom is -0.466 e. The number of nitrogens with one attached hydrogen (secondary N) is 2. The first kappa shape index (κ1) is 25.9. The molecule has 8 heteroatoms. The average molecular weight is 455 g/mol. The van der Waals surface area contributed by atoms with Crippen LogP contribution in [0.5, 0.6) is 0 Å². The third-order valence-corrected chi connectivity index (χ3v) is 5.10. The van der Waals surface area contributed by atoms with Gasteiger partial charge in [0.25, 0.3) is 0 Å². The topological polar surface area (TPSA) is 126 Å². The number of hydrogen-bond donors (Lipinski definition) is 3. The first-order chi connectivity index (χ1) is 15.5. The first-order valence-electron chi connectivity index (χ1n) is 11.2. The van der Waals surface area contributed by atoms with Crippen molar-refractivity contribution in [2.45, 2.75) is 59.4 Å². The lowest BCUT2D eigenvalue weighted by Crippen LogP contribution is -2.44. The number of nitrogens with two attached hydrogens (primary N) is 1. The molecule has 1 saturated heterocycles. The van der Waals surface area contributed by atoms with E-state index in [9.17, 15) is 14.4 Å². The molecule has 1 aromatic rings. The Labute approximate surface area is 195 Å². The zero-order valence-corrected chi connectivity index (χ0v) is 19.9. The largest absolute Gasteiger partial charge is 0.466 e. The van der Waals surface area contributed by atoms with Crippen LogP contribution >= 0.6 is 0 Å². The Morgan fingerprint density at radius 1 is 1.30 bits per heavy atom. The van der Waals surface area contributed by atoms with Gasteiger partial charge in [0.1, 0.15) is 11.9 Å². The van der Waals surface area contributed by atoms with Crippen LogP contribution in [0.1, 0.15) is 58.9 Å². The second-order valence-corrected chi connectivity index (χ2v) is 9.14. The van der Waals surface area contributed by atoms with Crippen molar-refractivity contribution in [1.82, 2.24) is 5.32 Å². The van der Waals surface area contributed by atoms with Gasteiger partial charge in [-0.05, 0) is 64.8 Å². The van der Waals surface area contributed by atoms with Crippen LogP contribution in [0, 0.1) is 28.6 Å². The summed E-state index contributed by atoms with van der Waals surface area (Å²) in [6.07, 6.45) is 1.37. The highest BCUT2D eigenvalue weighted by atomic mass is 16.5. The predicted molar refractivity (Wildman–Crippen MR) is 128 cm³/mol. The van der Waals surface area contributed by atoms with Gasteiger partial charge in [0.2, 0.25) is 11.8 Å². The summed E-state index contributed by atoms with van der Waals surface area (Å²) in [5.41, 5.74) is 6.52. The molecule has 0 bridgehead atoms. The maximum absolute atomic E-state index is 13.1. The Morgan fingerprint density at radius 2 is 1.97 bits per heavy atom. The molecule has 8 nitrogen and oxygen atoms in total. The molecule has 2 unspecified atom stereocenters. The SMILES string of the molecule is CCOC(=O)CC(C#CC(C)(C)C)NC(=O)CC1CCCN(c2ccc(C(=N)N)cc2)C1=O. The number of nitrogens with zero attached hydrogens (tertiary/aromatic N) is 1. The molecule has 2 amide bonds. The van der Waals surface area contributed by atoms with Crippen molar-refractivity contribution in [3.05, 3.63) is 29.8 Å². The van der Waals surface area contributed by atoms with E-state index in [1.807, 2.05) is 20.8 Å². The number of nitrogen functional groups attached to an aromatic ring is 1. The molecular weight excluding hydrogens is 420 g/mol. The molecule has 1 heterocycles. The molecule has 178 valence electrons. The monoisotopic (exact) mass is 454 g/mol. The number of amidine groups is 1. The molecule has 1 aliphatic rings. The zero-order valence-electron chi connectivity index (χ0n) is 19.9. The van der Waals surface area contributed by atoms with Crippen molar-refractivity contribution < 1.29 is 19.1 Å². The average Bonchev–Trinajstić information content (AvgIpc) is 2.73. The summed E-state index contributed by atoms with van der Waals surface area (Å²) in [4.78, 5) is 39.4. The Kier molecular flexibility index (Phi) is 9.03. The molecule has 1 aliphatic heterocycles. The van der Waals surface area contributed by atoms with E-state index < -0.39 is 17.9 Å². The highest BCUT2D eigenvalue weighted by molar-refractivity contribution is 5.99. The molecule has 0 aromatic heterocycles. The third kappa shape index (κ3) is 8.26. The van der Waals surface area contributed by atoms with Gasteiger partial charge < -0.3 is 20.7 Å². The third-order valence-electron chi connectivity index (χ3n) is 5.10. The summed E-state index contributed by atoms with van der Waals surface area (Å²) in [5.74, 6) is 4.67. The van der Waals surface area contributed by atoms with Gasteiger partial charge in [0, 0.05) is 35.5 Å². The number of anilines is 1. The van der Waals surface area contributed by atoms with Crippen LogP contribution in [-0.4, -0.2) is 42.8 Å². The Balaban J connectivity index is 2.06. The molecule has 0 spiro atoms. The minimum absolute atomic E-state index is 0.0252. The van der Waals surface area contributed by atoms with Gasteiger partial charge >= 0.3 is 5.97 Å². The van der Waals surface area contributed by atoms with Crippen molar-refractivity contribution in [3.63, 3.8) is 0 Å². The number of carbonyl (C=O) groups is 3. The number of ether oxygens (including phenoxy) is 1. The summed E-state index contributed by atoms with van der Waals surface area (Å²) in [6.45, 7) is 8.38. The molecule has 0 aliphatic carbocycles. The normalized spacial score (nSPS) is 16.9. The van der Waals surface area contributed by atoms with Crippen LogP contribution in [-0.2, 0) is 19.1 Å². The van der Waals surface area contributed by atoms with Crippen molar-refractivity contribution in [3.8, 4) is 11.8 Å². The fraction of sp³-hybridized carbons (Fsp3) is 0.520. The number of amides is 2. The summed E-state index contributed by atoms with van der Waals surface area (Å²) in [7, 11) is 0. The molecule has 0 saturated carbocycles. The van der Waals surface area contributed by atoms with E-state index in [0.717, 1.165) is 6.42 Å². The number of carbonyl (C=O) groups excluding carboxylic acids is 3. The summed E-state index contributed by atoms with van der Waals surface area (Å²) in [6, 6.07) is 6.25. The van der Waals surface area contributed by atoms with E-state index in [4.69, 9.17) is 15.9 Å². The molecule has 33 heavy (non-hydrogen) atoms. The minimum atomic E-state index is -0.676. The molecule has 1 aromatic carbocycles. The van der Waals surface area contributed by atoms with Crippen LogP contribution in [0.3, 0.4) is 0 Å². The van der Waals surface area contributed by atoms with Crippen LogP contribution in [0.4, 0.5) is 5.69 Å². The van der Waals surface area contributed by atoms with Gasteiger partial charge in [-0.3, -0.25) is 19.8 Å². The van der Waals surface area contributed by atoms with Crippen molar-refractivity contribution >= 4 is 29.3 Å². The number of hydrogen-bond acceptors (Lipinski definition) is 5. The van der Waals surface area contributed by atoms with Gasteiger partial charge in [0.15, 0.2) is 0 Å². The van der Waals surface area contributed by atoms with Gasteiger partial charge in [0.05, 0.1) is 13.0 Å². The van der Waals surface area contributed by atoms with Crippen LogP contribution in [0.25, 0.3) is 0 Å². The number of piperidine rings is 1. The van der Waals surface area contributed by atoms with Crippen LogP contribution < -0.4 is 16.0 Å². The van der Waals surface area contributed by atoms with Gasteiger partial charge in [-0.1, -0.05) is 11.8 Å². The Morgan fingerprint density at radius 3 is 2.55 bits per heavy atom. The van der Waals surface area contributed by atoms with E-state index in [1.54, 1.807) is 36.1 Å². The second-order valence-electron chi connectivity index (χ2n) is 9.14. The van der Waals surface area contributed by atoms with Crippen LogP contribution in [0.15, 0.2) is 24.3 Å². The summed E-state index contributed by atoms with van der Waals surface area (Å²) in [5, 5.41) is 10.3. The van der Waals surface area contributed by atoms with E-state index in [0.29, 0.717) is 24.2 Å². The number of esters is 1. The van der Waals surface area contributed by atoms with E-state index >= 15 is 0 Å². The Hall–Kier alpha value is -3.34. The lowest BCUT2D eigenvalue weighted by Gasteiger charge is -2.32. The Bertz CT molecular complexity index is 938. The van der Waals surface area contributed by atoms with Crippen molar-refractivity contribution in [2.24, 2.45) is 17.1 Å². The van der Waals surface area contributed by atoms with Crippen molar-refractivity contribution in [2.75, 3.05) is 18.1 Å². The summed E-state index contributed by atoms with van der Waals surface area (Å²) >= 11 is 0. The first-order valence-corrected chi connectivity index (χ1v) is 11.2. The highest BCUT2D eigenvalue weighted by Crippen LogP contribution is 2.26. The molecule has 0 radical (unpaired) electrons. The van der Waals surface area contributed by atoms with E-state index in [2.05, 4.69) is 17.2 Å². The quantitative estimate of drug-likeness (QED) is 0.241. The predicted octanol–water partition coefficient (Wildman–Crippen LogP) is 2.59. The lowest BCUT2D eigenvalue weighted by atomic mass is 9.92. The maximum atomic E-state index is 13.1.